The lowest BCUT2D eigenvalue weighted by atomic mass is 9.87. The van der Waals surface area contributed by atoms with Gasteiger partial charge in [0.1, 0.15) is 0 Å². The zero-order valence-corrected chi connectivity index (χ0v) is 17.6. The second-order valence-electron chi connectivity index (χ2n) is 7.29. The maximum Gasteiger partial charge on any atom is 0.250 e. The summed E-state index contributed by atoms with van der Waals surface area (Å²) in [6.07, 6.45) is 4.72. The highest BCUT2D eigenvalue weighted by Crippen LogP contribution is 2.30. The fourth-order valence-corrected chi connectivity index (χ4v) is 4.76. The Morgan fingerprint density at radius 1 is 0.909 bits per heavy atom. The van der Waals surface area contributed by atoms with Crippen molar-refractivity contribution in [2.75, 3.05) is 29.6 Å². The molecular weight excluding hydrogens is 333 g/mol. The van der Waals surface area contributed by atoms with E-state index in [4.69, 9.17) is 14.9 Å². The van der Waals surface area contributed by atoms with E-state index in [1.54, 1.807) is 0 Å². The maximum absolute atomic E-state index is 8.95. The molecule has 6 heteroatoms. The first-order valence-electron chi connectivity index (χ1n) is 8.21. The molecule has 0 aromatic heterocycles. The maximum atomic E-state index is 8.95. The number of thioether (sulfide) groups is 2. The molecule has 1 atom stereocenters. The van der Waals surface area contributed by atoms with Crippen LogP contribution in [-0.2, 0) is 4.52 Å². The third-order valence-corrected chi connectivity index (χ3v) is 6.85. The highest BCUT2D eigenvalue weighted by Gasteiger charge is 2.18. The molecule has 0 saturated carbocycles. The van der Waals surface area contributed by atoms with Crippen LogP contribution in [0.1, 0.15) is 60.3 Å². The second-order valence-corrected chi connectivity index (χ2v) is 10.6. The monoisotopic (exact) mass is 369 g/mol. The van der Waals surface area contributed by atoms with Gasteiger partial charge in [0, 0.05) is 11.5 Å². The van der Waals surface area contributed by atoms with Crippen LogP contribution >= 0.6 is 32.0 Å². The first-order valence-corrected chi connectivity index (χ1v) is 11.8. The number of hydrogen-bond acceptors (Lipinski definition) is 5. The number of hydrogen-bond donors (Lipinski definition) is 2. The Kier molecular flexibility index (Phi) is 13.0. The van der Waals surface area contributed by atoms with Crippen molar-refractivity contribution in [1.29, 1.82) is 0 Å². The van der Waals surface area contributed by atoms with Gasteiger partial charge in [0.25, 0.3) is 0 Å². The Balaban J connectivity index is 3.48. The largest absolute Gasteiger partial charge is 0.338 e. The fraction of sp³-hybridized carbons (Fsp3) is 1.00. The molecule has 134 valence electrons. The highest BCUT2D eigenvalue weighted by atomic mass is 32.2. The van der Waals surface area contributed by atoms with E-state index in [1.165, 1.54) is 42.3 Å². The van der Waals surface area contributed by atoms with E-state index in [9.17, 15) is 0 Å². The standard InChI is InChI=1S/C16H36NO2PS2/c1-6-15(2,3)8-11-21-13-14-22-12-9-16(4,5)7-10-19-20(17)18/h18H,6-14,17H2,1-5H3. The van der Waals surface area contributed by atoms with Crippen LogP contribution in [0.25, 0.3) is 0 Å². The summed E-state index contributed by atoms with van der Waals surface area (Å²) in [5.41, 5.74) is 5.99. The van der Waals surface area contributed by atoms with Crippen molar-refractivity contribution in [3.8, 4) is 0 Å². The lowest BCUT2D eigenvalue weighted by Gasteiger charge is -2.24. The zero-order chi connectivity index (χ0) is 17.1. The van der Waals surface area contributed by atoms with Crippen LogP contribution in [0.15, 0.2) is 0 Å². The van der Waals surface area contributed by atoms with E-state index >= 15 is 0 Å². The number of nitrogens with two attached hydrogens (primary N) is 1. The van der Waals surface area contributed by atoms with Gasteiger partial charge in [0.05, 0.1) is 6.61 Å². The van der Waals surface area contributed by atoms with Crippen LogP contribution in [0.2, 0.25) is 0 Å². The van der Waals surface area contributed by atoms with Crippen LogP contribution in [0.3, 0.4) is 0 Å². The van der Waals surface area contributed by atoms with E-state index in [-0.39, 0.29) is 5.41 Å². The summed E-state index contributed by atoms with van der Waals surface area (Å²) in [6.45, 7) is 12.1. The van der Waals surface area contributed by atoms with E-state index in [1.807, 2.05) is 0 Å². The molecule has 0 amide bonds. The predicted molar refractivity (Wildman–Crippen MR) is 106 cm³/mol. The first-order chi connectivity index (χ1) is 10.2. The first kappa shape index (κ1) is 23.0. The van der Waals surface area contributed by atoms with Gasteiger partial charge in [-0.1, -0.05) is 41.0 Å². The molecule has 0 aromatic rings. The van der Waals surface area contributed by atoms with Crippen LogP contribution in [0.5, 0.6) is 0 Å². The van der Waals surface area contributed by atoms with Gasteiger partial charge in [0.2, 0.25) is 8.53 Å². The Bertz CT molecular complexity index is 277. The van der Waals surface area contributed by atoms with Crippen LogP contribution < -0.4 is 5.50 Å². The van der Waals surface area contributed by atoms with Gasteiger partial charge in [-0.3, -0.25) is 5.50 Å². The summed E-state index contributed by atoms with van der Waals surface area (Å²) in [7, 11) is -1.70. The summed E-state index contributed by atoms with van der Waals surface area (Å²) in [4.78, 5) is 8.95. The second kappa shape index (κ2) is 12.4. The molecular formula is C16H36NO2PS2. The van der Waals surface area contributed by atoms with E-state index in [0.29, 0.717) is 12.0 Å². The summed E-state index contributed by atoms with van der Waals surface area (Å²) >= 11 is 4.14. The van der Waals surface area contributed by atoms with Crippen LogP contribution in [-0.4, -0.2) is 34.5 Å². The Hall–Kier alpha value is 1.01. The topological polar surface area (TPSA) is 55.5 Å². The summed E-state index contributed by atoms with van der Waals surface area (Å²) < 4.78 is 5.07. The summed E-state index contributed by atoms with van der Waals surface area (Å²) in [5, 5.41) is 0. The average molecular weight is 370 g/mol. The molecule has 0 rings (SSSR count). The molecule has 0 aliphatic rings. The van der Waals surface area contributed by atoms with E-state index in [2.05, 4.69) is 58.1 Å². The van der Waals surface area contributed by atoms with Crippen LogP contribution in [0, 0.1) is 10.8 Å². The smallest absolute Gasteiger partial charge is 0.250 e. The van der Waals surface area contributed by atoms with Gasteiger partial charge < -0.3 is 9.42 Å². The minimum absolute atomic E-state index is 0.261. The van der Waals surface area contributed by atoms with Gasteiger partial charge in [-0.05, 0) is 41.6 Å². The molecule has 3 nitrogen and oxygen atoms in total. The van der Waals surface area contributed by atoms with Crippen molar-refractivity contribution in [2.45, 2.75) is 60.3 Å². The third kappa shape index (κ3) is 14.6. The van der Waals surface area contributed by atoms with E-state index < -0.39 is 8.53 Å². The predicted octanol–water partition coefficient (Wildman–Crippen LogP) is 5.28. The van der Waals surface area contributed by atoms with Crippen molar-refractivity contribution in [3.63, 3.8) is 0 Å². The van der Waals surface area contributed by atoms with Crippen molar-refractivity contribution in [2.24, 2.45) is 16.3 Å². The lowest BCUT2D eigenvalue weighted by molar-refractivity contribution is 0.224. The minimum Gasteiger partial charge on any atom is -0.338 e. The minimum atomic E-state index is -1.70. The van der Waals surface area contributed by atoms with Crippen molar-refractivity contribution in [3.05, 3.63) is 0 Å². The Morgan fingerprint density at radius 2 is 1.41 bits per heavy atom. The highest BCUT2D eigenvalue weighted by molar-refractivity contribution is 8.02. The molecule has 0 radical (unpaired) electrons. The molecule has 0 bridgehead atoms. The molecule has 1 unspecified atom stereocenters. The van der Waals surface area contributed by atoms with Gasteiger partial charge >= 0.3 is 0 Å². The van der Waals surface area contributed by atoms with Crippen molar-refractivity contribution < 1.29 is 9.42 Å². The molecule has 0 aliphatic heterocycles. The molecule has 0 saturated heterocycles. The number of rotatable bonds is 14. The Labute approximate surface area is 147 Å². The molecule has 0 aromatic carbocycles. The van der Waals surface area contributed by atoms with Crippen molar-refractivity contribution in [1.82, 2.24) is 0 Å². The normalized spacial score (nSPS) is 14.3. The average Bonchev–Trinajstić information content (AvgIpc) is 2.41. The fourth-order valence-electron chi connectivity index (χ4n) is 1.74. The molecule has 0 heterocycles. The summed E-state index contributed by atoms with van der Waals surface area (Å²) in [6, 6.07) is 0. The Morgan fingerprint density at radius 3 is 1.86 bits per heavy atom. The molecule has 0 spiro atoms. The van der Waals surface area contributed by atoms with Gasteiger partial charge in [-0.25, -0.2) is 0 Å². The molecule has 3 N–H and O–H groups in total. The molecule has 22 heavy (non-hydrogen) atoms. The van der Waals surface area contributed by atoms with Crippen molar-refractivity contribution >= 4 is 32.0 Å². The van der Waals surface area contributed by atoms with Gasteiger partial charge in [-0.2, -0.15) is 23.5 Å². The zero-order valence-electron chi connectivity index (χ0n) is 15.1. The van der Waals surface area contributed by atoms with E-state index in [0.717, 1.165) is 6.42 Å². The van der Waals surface area contributed by atoms with Gasteiger partial charge in [-0.15, -0.1) is 0 Å². The lowest BCUT2D eigenvalue weighted by Crippen LogP contribution is -2.15. The molecule has 0 fully saturated rings. The third-order valence-electron chi connectivity index (χ3n) is 4.18. The molecule has 0 aliphatic carbocycles. The quantitative estimate of drug-likeness (QED) is 0.322. The SMILES string of the molecule is CCC(C)(C)CCSCCSCCC(C)(C)CCOP(N)O. The van der Waals surface area contributed by atoms with Crippen LogP contribution in [0.4, 0.5) is 0 Å². The van der Waals surface area contributed by atoms with Gasteiger partial charge in [0.15, 0.2) is 0 Å². The summed E-state index contributed by atoms with van der Waals surface area (Å²) in [5.74, 6) is 4.99.